The van der Waals surface area contributed by atoms with Gasteiger partial charge in [0, 0.05) is 43.7 Å². The minimum Gasteiger partial charge on any atom is -0.497 e. The van der Waals surface area contributed by atoms with E-state index < -0.39 is 0 Å². The summed E-state index contributed by atoms with van der Waals surface area (Å²) in [5.41, 5.74) is 2.57. The third-order valence-electron chi connectivity index (χ3n) is 6.06. The number of ether oxygens (including phenoxy) is 1. The molecule has 2 fully saturated rings. The van der Waals surface area contributed by atoms with Gasteiger partial charge in [0.15, 0.2) is 0 Å². The second-order valence-corrected chi connectivity index (χ2v) is 9.14. The number of hydrogen-bond acceptors (Lipinski definition) is 4. The molecule has 0 aliphatic carbocycles. The molecule has 2 aliphatic heterocycles. The molecule has 1 amide bonds. The predicted octanol–water partition coefficient (Wildman–Crippen LogP) is 4.22. The maximum absolute atomic E-state index is 13.2. The van der Waals surface area contributed by atoms with E-state index in [9.17, 15) is 4.79 Å². The summed E-state index contributed by atoms with van der Waals surface area (Å²) in [6.07, 6.45) is 1.99. The molecular formula is C24H30N2O2S. The van der Waals surface area contributed by atoms with E-state index in [4.69, 9.17) is 4.74 Å². The van der Waals surface area contributed by atoms with E-state index in [1.807, 2.05) is 23.9 Å². The second-order valence-electron chi connectivity index (χ2n) is 7.92. The van der Waals surface area contributed by atoms with Crippen molar-refractivity contribution in [3.63, 3.8) is 0 Å². The van der Waals surface area contributed by atoms with Crippen LogP contribution in [0, 0.1) is 5.92 Å². The Balaban J connectivity index is 1.53. The predicted molar refractivity (Wildman–Crippen MR) is 119 cm³/mol. The molecule has 2 unspecified atom stereocenters. The minimum atomic E-state index is 0.101. The summed E-state index contributed by atoms with van der Waals surface area (Å²) in [6.45, 7) is 3.45. The molecule has 0 spiro atoms. The van der Waals surface area contributed by atoms with Crippen LogP contribution in [0.3, 0.4) is 0 Å². The van der Waals surface area contributed by atoms with Crippen molar-refractivity contribution >= 4 is 17.7 Å². The number of methoxy groups -OCH3 is 1. The molecule has 2 atom stereocenters. The van der Waals surface area contributed by atoms with E-state index in [0.717, 1.165) is 56.3 Å². The van der Waals surface area contributed by atoms with Gasteiger partial charge < -0.3 is 9.64 Å². The molecular weight excluding hydrogens is 380 g/mol. The molecule has 0 N–H and O–H groups in total. The number of nitrogens with zero attached hydrogens (tertiary/aromatic N) is 2. The first-order chi connectivity index (χ1) is 14.2. The van der Waals surface area contributed by atoms with E-state index in [-0.39, 0.29) is 5.92 Å². The molecule has 0 saturated carbocycles. The molecule has 154 valence electrons. The van der Waals surface area contributed by atoms with E-state index in [1.165, 1.54) is 11.1 Å². The SMILES string of the molecule is COc1cccc(CN2CC(C(=O)N3CCSCC3)CCC2c2ccccc2)c1. The Kier molecular flexibility index (Phi) is 6.78. The quantitative estimate of drug-likeness (QED) is 0.739. The first kappa shape index (κ1) is 20.3. The highest BCUT2D eigenvalue weighted by molar-refractivity contribution is 7.99. The highest BCUT2D eigenvalue weighted by Crippen LogP contribution is 2.35. The molecule has 0 radical (unpaired) electrons. The number of carbonyl (C=O) groups excluding carboxylic acids is 1. The molecule has 2 aliphatic rings. The Morgan fingerprint density at radius 3 is 2.62 bits per heavy atom. The average molecular weight is 411 g/mol. The van der Waals surface area contributed by atoms with Crippen LogP contribution in [0.4, 0.5) is 0 Å². The van der Waals surface area contributed by atoms with E-state index >= 15 is 0 Å². The fourth-order valence-corrected chi connectivity index (χ4v) is 5.42. The highest BCUT2D eigenvalue weighted by atomic mass is 32.2. The first-order valence-electron chi connectivity index (χ1n) is 10.5. The molecule has 2 aromatic rings. The van der Waals surface area contributed by atoms with Crippen LogP contribution in [-0.4, -0.2) is 54.0 Å². The van der Waals surface area contributed by atoms with Crippen LogP contribution in [0.25, 0.3) is 0 Å². The fraction of sp³-hybridized carbons (Fsp3) is 0.458. The van der Waals surface area contributed by atoms with Crippen molar-refractivity contribution in [2.45, 2.75) is 25.4 Å². The van der Waals surface area contributed by atoms with Crippen LogP contribution >= 0.6 is 11.8 Å². The zero-order valence-corrected chi connectivity index (χ0v) is 17.9. The Hall–Kier alpha value is -1.98. The number of amides is 1. The lowest BCUT2D eigenvalue weighted by Crippen LogP contribution is -2.47. The van der Waals surface area contributed by atoms with Gasteiger partial charge in [0.25, 0.3) is 0 Å². The van der Waals surface area contributed by atoms with Gasteiger partial charge in [-0.1, -0.05) is 42.5 Å². The maximum Gasteiger partial charge on any atom is 0.227 e. The van der Waals surface area contributed by atoms with Gasteiger partial charge >= 0.3 is 0 Å². The Morgan fingerprint density at radius 1 is 1.07 bits per heavy atom. The lowest BCUT2D eigenvalue weighted by molar-refractivity contribution is -0.137. The van der Waals surface area contributed by atoms with Gasteiger partial charge in [0.05, 0.1) is 13.0 Å². The van der Waals surface area contributed by atoms with Crippen molar-refractivity contribution in [3.8, 4) is 5.75 Å². The number of benzene rings is 2. The van der Waals surface area contributed by atoms with Gasteiger partial charge in [0.1, 0.15) is 5.75 Å². The lowest BCUT2D eigenvalue weighted by Gasteiger charge is -2.41. The van der Waals surface area contributed by atoms with Gasteiger partial charge in [-0.25, -0.2) is 0 Å². The summed E-state index contributed by atoms with van der Waals surface area (Å²) in [4.78, 5) is 17.8. The molecule has 29 heavy (non-hydrogen) atoms. The van der Waals surface area contributed by atoms with Crippen molar-refractivity contribution in [3.05, 3.63) is 65.7 Å². The third kappa shape index (κ3) is 4.96. The van der Waals surface area contributed by atoms with Crippen LogP contribution in [0.15, 0.2) is 54.6 Å². The molecule has 4 nitrogen and oxygen atoms in total. The first-order valence-corrected chi connectivity index (χ1v) is 11.7. The summed E-state index contributed by atoms with van der Waals surface area (Å²) in [5, 5.41) is 0. The molecule has 0 aromatic heterocycles. The topological polar surface area (TPSA) is 32.8 Å². The number of rotatable bonds is 5. The van der Waals surface area contributed by atoms with Crippen molar-refractivity contribution < 1.29 is 9.53 Å². The lowest BCUT2D eigenvalue weighted by atomic mass is 9.87. The van der Waals surface area contributed by atoms with Crippen LogP contribution in [0.1, 0.15) is 30.0 Å². The van der Waals surface area contributed by atoms with Gasteiger partial charge in [-0.3, -0.25) is 9.69 Å². The van der Waals surface area contributed by atoms with E-state index in [1.54, 1.807) is 7.11 Å². The Labute approximate surface area is 178 Å². The summed E-state index contributed by atoms with van der Waals surface area (Å²) >= 11 is 1.95. The van der Waals surface area contributed by atoms with Gasteiger partial charge in [-0.2, -0.15) is 11.8 Å². The largest absolute Gasteiger partial charge is 0.497 e. The van der Waals surface area contributed by atoms with Crippen molar-refractivity contribution in [2.75, 3.05) is 38.2 Å². The maximum atomic E-state index is 13.2. The van der Waals surface area contributed by atoms with Gasteiger partial charge in [-0.05, 0) is 36.1 Å². The van der Waals surface area contributed by atoms with Crippen LogP contribution in [0.2, 0.25) is 0 Å². The summed E-state index contributed by atoms with van der Waals surface area (Å²) in [6, 6.07) is 19.4. The molecule has 4 rings (SSSR count). The minimum absolute atomic E-state index is 0.101. The third-order valence-corrected chi connectivity index (χ3v) is 7.00. The highest BCUT2D eigenvalue weighted by Gasteiger charge is 2.35. The zero-order chi connectivity index (χ0) is 20.1. The number of likely N-dealkylation sites (tertiary alicyclic amines) is 1. The van der Waals surface area contributed by atoms with Crippen molar-refractivity contribution in [1.82, 2.24) is 9.80 Å². The van der Waals surface area contributed by atoms with Gasteiger partial charge in [0.2, 0.25) is 5.91 Å². The number of thioether (sulfide) groups is 1. The van der Waals surface area contributed by atoms with E-state index in [0.29, 0.717) is 11.9 Å². The molecule has 2 heterocycles. The second kappa shape index (κ2) is 9.68. The van der Waals surface area contributed by atoms with Crippen LogP contribution in [-0.2, 0) is 11.3 Å². The Bertz CT molecular complexity index is 808. The number of hydrogen-bond donors (Lipinski definition) is 0. The summed E-state index contributed by atoms with van der Waals surface area (Å²) < 4.78 is 5.41. The standard InChI is InChI=1S/C24H30N2O2S/c1-28-22-9-5-6-19(16-22)17-26-18-21(24(27)25-12-14-29-15-13-25)10-11-23(26)20-7-3-2-4-8-20/h2-9,16,21,23H,10-15,17-18H2,1H3. The monoisotopic (exact) mass is 410 g/mol. The fourth-order valence-electron chi connectivity index (χ4n) is 4.52. The van der Waals surface area contributed by atoms with Crippen molar-refractivity contribution in [2.24, 2.45) is 5.92 Å². The Morgan fingerprint density at radius 2 is 1.86 bits per heavy atom. The smallest absolute Gasteiger partial charge is 0.227 e. The molecule has 5 heteroatoms. The zero-order valence-electron chi connectivity index (χ0n) is 17.1. The summed E-state index contributed by atoms with van der Waals surface area (Å²) in [5.74, 6) is 3.47. The van der Waals surface area contributed by atoms with E-state index in [2.05, 4.69) is 52.3 Å². The molecule has 2 aromatic carbocycles. The average Bonchev–Trinajstić information content (AvgIpc) is 2.80. The van der Waals surface area contributed by atoms with Gasteiger partial charge in [-0.15, -0.1) is 0 Å². The van der Waals surface area contributed by atoms with Crippen LogP contribution in [0.5, 0.6) is 5.75 Å². The van der Waals surface area contributed by atoms with Crippen LogP contribution < -0.4 is 4.74 Å². The number of carbonyl (C=O) groups is 1. The number of piperidine rings is 1. The summed E-state index contributed by atoms with van der Waals surface area (Å²) in [7, 11) is 1.71. The molecule has 2 saturated heterocycles. The molecule has 0 bridgehead atoms. The normalized spacial score (nSPS) is 23.0. The van der Waals surface area contributed by atoms with Crippen molar-refractivity contribution in [1.29, 1.82) is 0 Å².